The van der Waals surface area contributed by atoms with Crippen molar-refractivity contribution in [3.8, 4) is 11.4 Å². The molecule has 112 valence electrons. The summed E-state index contributed by atoms with van der Waals surface area (Å²) in [4.78, 5) is 0. The van der Waals surface area contributed by atoms with Gasteiger partial charge in [-0.25, -0.2) is 4.68 Å². The normalized spacial score (nSPS) is 22.4. The van der Waals surface area contributed by atoms with Crippen molar-refractivity contribution in [3.05, 3.63) is 23.8 Å². The summed E-state index contributed by atoms with van der Waals surface area (Å²) in [5.41, 5.74) is 8.78. The summed E-state index contributed by atoms with van der Waals surface area (Å²) in [5, 5.41) is 12.3. The molecule has 1 aliphatic carbocycles. The molecule has 1 saturated carbocycles. The Labute approximate surface area is 125 Å². The molecule has 5 nitrogen and oxygen atoms in total. The van der Waals surface area contributed by atoms with Gasteiger partial charge in [-0.1, -0.05) is 19.8 Å². The van der Waals surface area contributed by atoms with Crippen LogP contribution >= 0.6 is 0 Å². The van der Waals surface area contributed by atoms with Gasteiger partial charge in [0.25, 0.3) is 0 Å². The van der Waals surface area contributed by atoms with Crippen LogP contribution < -0.4 is 5.73 Å². The highest BCUT2D eigenvalue weighted by molar-refractivity contribution is 5.63. The average molecular weight is 285 g/mol. The third kappa shape index (κ3) is 3.06. The molecule has 1 aromatic carbocycles. The van der Waals surface area contributed by atoms with E-state index in [1.807, 2.05) is 29.8 Å². The molecule has 2 aromatic rings. The maximum absolute atomic E-state index is 5.82. The van der Waals surface area contributed by atoms with Crippen LogP contribution in [0.5, 0.6) is 0 Å². The zero-order chi connectivity index (χ0) is 14.8. The SMILES string of the molecule is Cc1cc(N)ccc1-c1nnnn1CC1CCC(C)CC1. The van der Waals surface area contributed by atoms with E-state index >= 15 is 0 Å². The Hall–Kier alpha value is -1.91. The van der Waals surface area contributed by atoms with Crippen molar-refractivity contribution in [3.63, 3.8) is 0 Å². The van der Waals surface area contributed by atoms with Gasteiger partial charge >= 0.3 is 0 Å². The summed E-state index contributed by atoms with van der Waals surface area (Å²) in [6, 6.07) is 5.89. The number of hydrogen-bond donors (Lipinski definition) is 1. The van der Waals surface area contributed by atoms with E-state index in [1.54, 1.807) is 0 Å². The standard InChI is InChI=1S/C16H23N5/c1-11-3-5-13(6-4-11)10-21-16(18-19-20-21)15-8-7-14(17)9-12(15)2/h7-9,11,13H,3-6,10,17H2,1-2H3. The van der Waals surface area contributed by atoms with Gasteiger partial charge in [-0.05, 0) is 65.8 Å². The number of nitrogen functional groups attached to an aromatic ring is 1. The van der Waals surface area contributed by atoms with Crippen molar-refractivity contribution < 1.29 is 0 Å². The molecular weight excluding hydrogens is 262 g/mol. The van der Waals surface area contributed by atoms with E-state index in [0.29, 0.717) is 5.92 Å². The molecule has 0 saturated heterocycles. The number of tetrazole rings is 1. The number of rotatable bonds is 3. The Kier molecular flexibility index (Phi) is 3.90. The quantitative estimate of drug-likeness (QED) is 0.880. The van der Waals surface area contributed by atoms with Crippen molar-refractivity contribution in [2.24, 2.45) is 11.8 Å². The first-order valence-corrected chi connectivity index (χ1v) is 7.76. The average Bonchev–Trinajstić information content (AvgIpc) is 2.89. The number of aryl methyl sites for hydroxylation is 1. The molecule has 0 amide bonds. The molecule has 0 spiro atoms. The Morgan fingerprint density at radius 3 is 2.71 bits per heavy atom. The van der Waals surface area contributed by atoms with E-state index in [2.05, 4.69) is 22.4 Å². The van der Waals surface area contributed by atoms with Gasteiger partial charge < -0.3 is 5.73 Å². The van der Waals surface area contributed by atoms with Crippen molar-refractivity contribution in [1.82, 2.24) is 20.2 Å². The number of benzene rings is 1. The van der Waals surface area contributed by atoms with E-state index in [-0.39, 0.29) is 0 Å². The van der Waals surface area contributed by atoms with Crippen LogP contribution in [-0.4, -0.2) is 20.2 Å². The van der Waals surface area contributed by atoms with E-state index in [9.17, 15) is 0 Å². The van der Waals surface area contributed by atoms with Crippen molar-refractivity contribution >= 4 is 5.69 Å². The van der Waals surface area contributed by atoms with Crippen LogP contribution in [0.25, 0.3) is 11.4 Å². The summed E-state index contributed by atoms with van der Waals surface area (Å²) in [5.74, 6) is 2.41. The molecule has 0 radical (unpaired) electrons. The second kappa shape index (κ2) is 5.84. The molecular formula is C16H23N5. The van der Waals surface area contributed by atoms with Gasteiger partial charge in [0.05, 0.1) is 0 Å². The lowest BCUT2D eigenvalue weighted by Crippen LogP contribution is -2.19. The first kappa shape index (κ1) is 14.0. The molecule has 3 rings (SSSR count). The molecule has 1 aliphatic rings. The third-order valence-corrected chi connectivity index (χ3v) is 4.59. The minimum atomic E-state index is 0.692. The highest BCUT2D eigenvalue weighted by atomic mass is 15.5. The van der Waals surface area contributed by atoms with E-state index in [4.69, 9.17) is 5.73 Å². The molecule has 0 unspecified atom stereocenters. The topological polar surface area (TPSA) is 69.6 Å². The molecule has 5 heteroatoms. The van der Waals surface area contributed by atoms with Crippen LogP contribution in [0, 0.1) is 18.8 Å². The van der Waals surface area contributed by atoms with Crippen LogP contribution in [0.1, 0.15) is 38.2 Å². The zero-order valence-corrected chi connectivity index (χ0v) is 12.8. The van der Waals surface area contributed by atoms with Crippen LogP contribution in [-0.2, 0) is 6.54 Å². The van der Waals surface area contributed by atoms with Crippen LogP contribution in [0.3, 0.4) is 0 Å². The van der Waals surface area contributed by atoms with Gasteiger partial charge in [-0.2, -0.15) is 0 Å². The number of nitrogens with two attached hydrogens (primary N) is 1. The Morgan fingerprint density at radius 1 is 1.24 bits per heavy atom. The van der Waals surface area contributed by atoms with E-state index in [1.165, 1.54) is 25.7 Å². The number of nitrogens with zero attached hydrogens (tertiary/aromatic N) is 4. The Bertz CT molecular complexity index is 611. The summed E-state index contributed by atoms with van der Waals surface area (Å²) in [7, 11) is 0. The highest BCUT2D eigenvalue weighted by Crippen LogP contribution is 2.30. The number of anilines is 1. The Balaban J connectivity index is 1.80. The minimum absolute atomic E-state index is 0.692. The molecule has 0 bridgehead atoms. The Morgan fingerprint density at radius 2 is 2.00 bits per heavy atom. The summed E-state index contributed by atoms with van der Waals surface area (Å²) in [6.45, 7) is 5.31. The van der Waals surface area contributed by atoms with Crippen LogP contribution in [0.2, 0.25) is 0 Å². The van der Waals surface area contributed by atoms with E-state index < -0.39 is 0 Å². The van der Waals surface area contributed by atoms with Gasteiger partial charge in [-0.3, -0.25) is 0 Å². The second-order valence-corrected chi connectivity index (χ2v) is 6.38. The predicted molar refractivity (Wildman–Crippen MR) is 83.5 cm³/mol. The fraction of sp³-hybridized carbons (Fsp3) is 0.562. The molecule has 21 heavy (non-hydrogen) atoms. The molecule has 2 N–H and O–H groups in total. The lowest BCUT2D eigenvalue weighted by molar-refractivity contribution is 0.257. The monoisotopic (exact) mass is 285 g/mol. The first-order valence-electron chi connectivity index (χ1n) is 7.76. The largest absolute Gasteiger partial charge is 0.399 e. The highest BCUT2D eigenvalue weighted by Gasteiger charge is 2.21. The molecule has 1 heterocycles. The zero-order valence-electron chi connectivity index (χ0n) is 12.8. The van der Waals surface area contributed by atoms with E-state index in [0.717, 1.165) is 35.1 Å². The summed E-state index contributed by atoms with van der Waals surface area (Å²) >= 11 is 0. The molecule has 0 atom stereocenters. The van der Waals surface area contributed by atoms with Crippen molar-refractivity contribution in [2.45, 2.75) is 46.1 Å². The third-order valence-electron chi connectivity index (χ3n) is 4.59. The number of hydrogen-bond acceptors (Lipinski definition) is 4. The molecule has 1 fully saturated rings. The maximum Gasteiger partial charge on any atom is 0.182 e. The smallest absolute Gasteiger partial charge is 0.182 e. The lowest BCUT2D eigenvalue weighted by Gasteiger charge is -2.26. The molecule has 0 aliphatic heterocycles. The summed E-state index contributed by atoms with van der Waals surface area (Å²) < 4.78 is 1.96. The van der Waals surface area contributed by atoms with Gasteiger partial charge in [0, 0.05) is 17.8 Å². The molecule has 1 aromatic heterocycles. The predicted octanol–water partition coefficient (Wildman–Crippen LogP) is 3.06. The lowest BCUT2D eigenvalue weighted by atomic mass is 9.83. The fourth-order valence-corrected chi connectivity index (χ4v) is 3.21. The van der Waals surface area contributed by atoms with Gasteiger partial charge in [0.2, 0.25) is 0 Å². The van der Waals surface area contributed by atoms with Crippen molar-refractivity contribution in [2.75, 3.05) is 5.73 Å². The fourth-order valence-electron chi connectivity index (χ4n) is 3.21. The van der Waals surface area contributed by atoms with Crippen LogP contribution in [0.15, 0.2) is 18.2 Å². The van der Waals surface area contributed by atoms with Gasteiger partial charge in [0.15, 0.2) is 5.82 Å². The summed E-state index contributed by atoms with van der Waals surface area (Å²) in [6.07, 6.45) is 5.20. The van der Waals surface area contributed by atoms with Crippen molar-refractivity contribution in [1.29, 1.82) is 0 Å². The number of aromatic nitrogens is 4. The first-order chi connectivity index (χ1) is 10.1. The van der Waals surface area contributed by atoms with Gasteiger partial charge in [-0.15, -0.1) is 5.10 Å². The second-order valence-electron chi connectivity index (χ2n) is 6.38. The minimum Gasteiger partial charge on any atom is -0.399 e. The van der Waals surface area contributed by atoms with Crippen LogP contribution in [0.4, 0.5) is 5.69 Å². The van der Waals surface area contributed by atoms with Gasteiger partial charge in [0.1, 0.15) is 0 Å². The maximum atomic E-state index is 5.82.